The lowest BCUT2D eigenvalue weighted by molar-refractivity contribution is -0.143. The van der Waals surface area contributed by atoms with Crippen molar-refractivity contribution in [1.82, 2.24) is 31.9 Å². The summed E-state index contributed by atoms with van der Waals surface area (Å²) in [6.07, 6.45) is -0.809. The molecule has 6 atom stereocenters. The number of guanidine groups is 1. The number of unbranched alkanes of at least 4 members (excludes halogenated alkanes) is 1. The first-order valence-corrected chi connectivity index (χ1v) is 19.4. The number of hydrogen-bond donors (Lipinski definition) is 12. The Hall–Kier alpha value is -6.29. The van der Waals surface area contributed by atoms with E-state index in [9.17, 15) is 68.4 Å². The lowest BCUT2D eigenvalue weighted by atomic mass is 10.0. The van der Waals surface area contributed by atoms with Gasteiger partial charge in [0, 0.05) is 53.0 Å². The summed E-state index contributed by atoms with van der Waals surface area (Å²) in [6.45, 7) is 8.21. The molecule has 0 rings (SSSR count). The number of aliphatic imine (C=N–C) groups is 1. The predicted octanol–water partition coefficient (Wildman–Crippen LogP) is -1.31. The van der Waals surface area contributed by atoms with Gasteiger partial charge in [0.25, 0.3) is 0 Å². The van der Waals surface area contributed by atoms with Gasteiger partial charge in [0.05, 0.1) is 6.04 Å². The molecule has 0 aromatic heterocycles. The fraction of sp³-hybridized carbons (Fsp3) is 0.649. The molecule has 23 nitrogen and oxygen atoms in total. The Morgan fingerprint density at radius 2 is 0.967 bits per heavy atom. The van der Waals surface area contributed by atoms with Gasteiger partial charge in [0.1, 0.15) is 35.7 Å². The van der Waals surface area contributed by atoms with Crippen LogP contribution < -0.4 is 43.4 Å². The number of carboxylic acid groups (broad SMARTS) is 3. The number of carbonyl (C=O) groups is 10. The van der Waals surface area contributed by atoms with Gasteiger partial charge in [-0.3, -0.25) is 38.6 Å². The van der Waals surface area contributed by atoms with Crippen molar-refractivity contribution < 1.29 is 69.8 Å². The largest absolute Gasteiger partial charge is 0.511 e. The first-order chi connectivity index (χ1) is 28.0. The first-order valence-electron chi connectivity index (χ1n) is 19.4. The number of Topliss-reactive ketones (excluding diaryl/α,β-unsaturated/α-hetero) is 1. The predicted molar refractivity (Wildman–Crippen MR) is 216 cm³/mol. The van der Waals surface area contributed by atoms with Gasteiger partial charge in [-0.25, -0.2) is 14.4 Å². The van der Waals surface area contributed by atoms with Gasteiger partial charge in [-0.2, -0.15) is 0 Å². The number of nitrogens with two attached hydrogens (primary N) is 2. The average Bonchev–Trinajstić information content (AvgIpc) is 3.15. The van der Waals surface area contributed by atoms with Crippen molar-refractivity contribution in [2.75, 3.05) is 13.1 Å². The molecule has 0 aliphatic carbocycles. The third kappa shape index (κ3) is 25.2. The summed E-state index contributed by atoms with van der Waals surface area (Å²) in [4.78, 5) is 125. The molecule has 0 saturated carbocycles. The fourth-order valence-electron chi connectivity index (χ4n) is 5.39. The molecule has 14 N–H and O–H groups in total. The normalized spacial score (nSPS) is 13.7. The Morgan fingerprint density at radius 3 is 1.35 bits per heavy atom. The highest BCUT2D eigenvalue weighted by Gasteiger charge is 2.27. The smallest absolute Gasteiger partial charge is 0.326 e. The van der Waals surface area contributed by atoms with Crippen LogP contribution >= 0.6 is 0 Å². The maximum Gasteiger partial charge on any atom is 0.326 e. The number of aliphatic hydroxyl groups excluding tert-OH is 1. The van der Waals surface area contributed by atoms with Crippen molar-refractivity contribution in [2.24, 2.45) is 22.4 Å². The standard InChI is InChI=1S/C37H61N9O14.H2/c1-20(21(2)47)8-5-6-18-40-33(54)25(9-7-19-41-37(38)39)44-30(51)16-12-27(35(57)58)46-32(53)17-13-28(36(59)60)45-31(52)14-10-24(22(3)48)43-29(50)15-11-26(34(55)56)42-23(4)49;/h20,24-28,48H,3,5-19H2,1-2,4H3,(H,40,54)(H,42,49)(H,43,50)(H,44,51)(H,45,52)(H,46,53)(H,55,56)(H,57,58)(H,59,60)(H4,38,39,41);1H/t20-,24-,25-,26-,27-,28-;/m0./s1. The van der Waals surface area contributed by atoms with Gasteiger partial charge >= 0.3 is 17.9 Å². The summed E-state index contributed by atoms with van der Waals surface area (Å²) < 4.78 is 0. The molecule has 0 radical (unpaired) electrons. The quantitative estimate of drug-likeness (QED) is 0.0162. The van der Waals surface area contributed by atoms with Crippen LogP contribution in [-0.4, -0.2) is 129 Å². The van der Waals surface area contributed by atoms with E-state index in [0.717, 1.165) is 6.92 Å². The van der Waals surface area contributed by atoms with Crippen molar-refractivity contribution >= 4 is 65.1 Å². The minimum Gasteiger partial charge on any atom is -0.511 e. The molecule has 0 fully saturated rings. The highest BCUT2D eigenvalue weighted by atomic mass is 16.4. The number of aliphatic hydroxyl groups is 1. The van der Waals surface area contributed by atoms with Crippen LogP contribution in [0, 0.1) is 5.92 Å². The minimum absolute atomic E-state index is 0. The van der Waals surface area contributed by atoms with Gasteiger partial charge in [-0.1, -0.05) is 19.9 Å². The van der Waals surface area contributed by atoms with Crippen LogP contribution in [0.2, 0.25) is 0 Å². The second kappa shape index (κ2) is 29.0. The molecular weight excluding hydrogens is 794 g/mol. The Balaban J connectivity index is 0. The van der Waals surface area contributed by atoms with Gasteiger partial charge in [-0.15, -0.1) is 0 Å². The summed E-state index contributed by atoms with van der Waals surface area (Å²) in [6, 6.07) is -6.73. The molecule has 0 unspecified atom stereocenters. The number of nitrogens with one attached hydrogen (secondary N) is 6. The number of nitrogens with zero attached hydrogens (tertiary/aromatic N) is 1. The van der Waals surface area contributed by atoms with E-state index in [-0.39, 0.29) is 57.9 Å². The van der Waals surface area contributed by atoms with E-state index < -0.39 is 121 Å². The molecule has 0 aromatic rings. The molecule has 340 valence electrons. The van der Waals surface area contributed by atoms with E-state index in [4.69, 9.17) is 11.5 Å². The summed E-state index contributed by atoms with van der Waals surface area (Å²) in [7, 11) is 0. The SMILES string of the molecule is C=C(O)[C@H](CCC(=O)N[C@@H](CCC(=O)N[C@@H](CCC(=O)N[C@@H](CCCN=C(N)N)C(=O)NCCCC[C@H](C)C(C)=O)C(=O)O)C(=O)O)NC(=O)CC[C@H](NC(C)=O)C(=O)O.[HH]. The van der Waals surface area contributed by atoms with Crippen molar-refractivity contribution in [1.29, 1.82) is 0 Å². The van der Waals surface area contributed by atoms with Crippen molar-refractivity contribution in [2.45, 2.75) is 134 Å². The number of aliphatic carboxylic acids is 3. The third-order valence-electron chi connectivity index (χ3n) is 8.97. The van der Waals surface area contributed by atoms with E-state index in [1.54, 1.807) is 0 Å². The van der Waals surface area contributed by atoms with Crippen LogP contribution in [-0.2, 0) is 47.9 Å². The first kappa shape index (κ1) is 53.7. The van der Waals surface area contributed by atoms with Crippen LogP contribution in [0.3, 0.4) is 0 Å². The van der Waals surface area contributed by atoms with E-state index in [2.05, 4.69) is 43.5 Å². The van der Waals surface area contributed by atoms with Crippen LogP contribution in [0.25, 0.3) is 0 Å². The Labute approximate surface area is 348 Å². The number of hydrogen-bond acceptors (Lipinski definition) is 12. The molecule has 60 heavy (non-hydrogen) atoms. The van der Waals surface area contributed by atoms with Gasteiger partial charge in [0.15, 0.2) is 5.96 Å². The maximum atomic E-state index is 12.9. The van der Waals surface area contributed by atoms with Gasteiger partial charge in [-0.05, 0) is 58.3 Å². The molecular formula is C37H63N9O14. The minimum atomic E-state index is -1.61. The van der Waals surface area contributed by atoms with E-state index >= 15 is 0 Å². The summed E-state index contributed by atoms with van der Waals surface area (Å²) in [5.41, 5.74) is 10.7. The van der Waals surface area contributed by atoms with Gasteiger partial charge in [0.2, 0.25) is 35.4 Å². The van der Waals surface area contributed by atoms with E-state index in [0.29, 0.717) is 25.7 Å². The second-order valence-corrected chi connectivity index (χ2v) is 14.1. The molecule has 0 saturated heterocycles. The molecule has 0 aliphatic heterocycles. The van der Waals surface area contributed by atoms with Crippen molar-refractivity contribution in [3.05, 3.63) is 12.3 Å². The monoisotopic (exact) mass is 857 g/mol. The second-order valence-electron chi connectivity index (χ2n) is 14.1. The summed E-state index contributed by atoms with van der Waals surface area (Å²) in [5, 5.41) is 52.7. The average molecular weight is 858 g/mol. The van der Waals surface area contributed by atoms with Crippen LogP contribution in [0.4, 0.5) is 0 Å². The number of amides is 6. The zero-order valence-electron chi connectivity index (χ0n) is 34.3. The number of carboxylic acids is 3. The van der Waals surface area contributed by atoms with Crippen LogP contribution in [0.1, 0.15) is 106 Å². The number of rotatable bonds is 32. The summed E-state index contributed by atoms with van der Waals surface area (Å²) in [5.74, 6) is -9.42. The zero-order valence-corrected chi connectivity index (χ0v) is 34.3. The summed E-state index contributed by atoms with van der Waals surface area (Å²) >= 11 is 0. The fourth-order valence-corrected chi connectivity index (χ4v) is 5.39. The molecule has 0 spiro atoms. The van der Waals surface area contributed by atoms with Crippen LogP contribution in [0.5, 0.6) is 0 Å². The highest BCUT2D eigenvalue weighted by molar-refractivity contribution is 5.89. The molecule has 0 aliphatic rings. The van der Waals surface area contributed by atoms with Crippen molar-refractivity contribution in [3.8, 4) is 0 Å². The molecule has 23 heteroatoms. The van der Waals surface area contributed by atoms with Gasteiger partial charge < -0.3 is 63.8 Å². The van der Waals surface area contributed by atoms with E-state index in [1.165, 1.54) is 6.92 Å². The zero-order chi connectivity index (χ0) is 45.9. The lowest BCUT2D eigenvalue weighted by Crippen LogP contribution is -2.48. The topological polar surface area (TPSA) is 388 Å². The van der Waals surface area contributed by atoms with Crippen LogP contribution in [0.15, 0.2) is 17.3 Å². The Kier molecular flexibility index (Phi) is 26.0. The highest BCUT2D eigenvalue weighted by Crippen LogP contribution is 2.10. The molecule has 6 amide bonds. The third-order valence-corrected chi connectivity index (χ3v) is 8.97. The number of ketones is 1. The molecule has 0 aromatic carbocycles. The molecule has 0 bridgehead atoms. The maximum absolute atomic E-state index is 12.9. The Bertz CT molecular complexity index is 1570. The van der Waals surface area contributed by atoms with Crippen molar-refractivity contribution in [3.63, 3.8) is 0 Å². The van der Waals surface area contributed by atoms with E-state index in [1.807, 2.05) is 6.92 Å². The number of carbonyl (C=O) groups excluding carboxylic acids is 7. The lowest BCUT2D eigenvalue weighted by Gasteiger charge is -2.20. The molecule has 0 heterocycles. The Morgan fingerprint density at radius 1 is 0.567 bits per heavy atom.